The van der Waals surface area contributed by atoms with E-state index in [1.807, 2.05) is 0 Å². The maximum Gasteiger partial charge on any atom is 0.342 e. The van der Waals surface area contributed by atoms with Gasteiger partial charge < -0.3 is 35.0 Å². The van der Waals surface area contributed by atoms with Crippen molar-refractivity contribution < 1.29 is 39.8 Å². The lowest BCUT2D eigenvalue weighted by molar-refractivity contribution is -0.0468. The Hall–Kier alpha value is -2.81. The van der Waals surface area contributed by atoms with Crippen LogP contribution in [0.1, 0.15) is 21.5 Å². The van der Waals surface area contributed by atoms with Gasteiger partial charge in [0.1, 0.15) is 47.4 Å². The van der Waals surface area contributed by atoms with Gasteiger partial charge in [-0.05, 0) is 43.2 Å². The summed E-state index contributed by atoms with van der Waals surface area (Å²) in [6.45, 7) is 2.14. The van der Waals surface area contributed by atoms with Crippen molar-refractivity contribution in [2.45, 2.75) is 26.1 Å². The van der Waals surface area contributed by atoms with Gasteiger partial charge in [-0.2, -0.15) is 0 Å². The van der Waals surface area contributed by atoms with Crippen molar-refractivity contribution in [3.63, 3.8) is 0 Å². The molecule has 2 rings (SSSR count). The molecule has 0 aliphatic heterocycles. The van der Waals surface area contributed by atoms with Crippen molar-refractivity contribution in [2.75, 3.05) is 13.2 Å². The molecular formula is C19H22O8. The number of ether oxygens (including phenoxy) is 2. The number of hydrogen-bond donors (Lipinski definition) is 5. The molecule has 2 aromatic carbocycles. The van der Waals surface area contributed by atoms with Gasteiger partial charge in [0.05, 0.1) is 6.61 Å². The van der Waals surface area contributed by atoms with Crippen LogP contribution in [-0.4, -0.2) is 56.9 Å². The summed E-state index contributed by atoms with van der Waals surface area (Å²) in [5, 5.41) is 47.3. The Labute approximate surface area is 155 Å². The number of phenolic OH excluding ortho intramolecular Hbond substituents is 2. The van der Waals surface area contributed by atoms with Crippen LogP contribution < -0.4 is 4.74 Å². The highest BCUT2D eigenvalue weighted by Gasteiger charge is 2.21. The molecule has 0 aromatic heterocycles. The Bertz CT molecular complexity index is 774. The van der Waals surface area contributed by atoms with Crippen LogP contribution >= 0.6 is 0 Å². The number of carbonyl (C=O) groups is 1. The summed E-state index contributed by atoms with van der Waals surface area (Å²) in [6.07, 6.45) is -2.88. The average molecular weight is 378 g/mol. The Kier molecular flexibility index (Phi) is 6.62. The van der Waals surface area contributed by atoms with E-state index in [-0.39, 0.29) is 22.8 Å². The van der Waals surface area contributed by atoms with E-state index in [9.17, 15) is 25.2 Å². The summed E-state index contributed by atoms with van der Waals surface area (Å²) in [7, 11) is 0. The predicted molar refractivity (Wildman–Crippen MR) is 95.1 cm³/mol. The van der Waals surface area contributed by atoms with Gasteiger partial charge >= 0.3 is 5.97 Å². The highest BCUT2D eigenvalue weighted by Crippen LogP contribution is 2.32. The second kappa shape index (κ2) is 8.72. The van der Waals surface area contributed by atoms with E-state index in [2.05, 4.69) is 0 Å². The largest absolute Gasteiger partial charge is 0.508 e. The van der Waals surface area contributed by atoms with Crippen LogP contribution in [0.15, 0.2) is 30.3 Å². The first-order valence-electron chi connectivity index (χ1n) is 8.17. The number of phenols is 2. The molecule has 0 amide bonds. The van der Waals surface area contributed by atoms with E-state index < -0.39 is 31.4 Å². The zero-order valence-electron chi connectivity index (χ0n) is 14.9. The lowest BCUT2D eigenvalue weighted by atomic mass is 10.1. The van der Waals surface area contributed by atoms with Crippen molar-refractivity contribution in [1.82, 2.24) is 0 Å². The van der Waals surface area contributed by atoms with E-state index in [0.717, 1.165) is 5.56 Å². The summed E-state index contributed by atoms with van der Waals surface area (Å²) in [4.78, 5) is 12.1. The predicted octanol–water partition coefficient (Wildman–Crippen LogP) is 1.38. The van der Waals surface area contributed by atoms with Gasteiger partial charge in [0, 0.05) is 12.1 Å². The van der Waals surface area contributed by atoms with Crippen molar-refractivity contribution in [3.8, 4) is 23.0 Å². The smallest absolute Gasteiger partial charge is 0.342 e. The molecule has 146 valence electrons. The minimum atomic E-state index is -1.45. The van der Waals surface area contributed by atoms with Gasteiger partial charge in [0.15, 0.2) is 0 Å². The zero-order valence-corrected chi connectivity index (χ0v) is 14.9. The second-order valence-electron chi connectivity index (χ2n) is 6.16. The Morgan fingerprint density at radius 2 is 1.67 bits per heavy atom. The molecule has 0 saturated heterocycles. The maximum atomic E-state index is 12.1. The third-order valence-electron chi connectivity index (χ3n) is 3.78. The van der Waals surface area contributed by atoms with Crippen LogP contribution in [0, 0.1) is 13.8 Å². The highest BCUT2D eigenvalue weighted by atomic mass is 16.5. The van der Waals surface area contributed by atoms with Crippen LogP contribution in [0.5, 0.6) is 23.0 Å². The Morgan fingerprint density at radius 1 is 1.00 bits per heavy atom. The molecule has 0 aliphatic rings. The molecule has 0 radical (unpaired) electrons. The average Bonchev–Trinajstić information content (AvgIpc) is 2.57. The number of hydrogen-bond acceptors (Lipinski definition) is 8. The van der Waals surface area contributed by atoms with E-state index >= 15 is 0 Å². The van der Waals surface area contributed by atoms with Crippen molar-refractivity contribution in [1.29, 1.82) is 0 Å². The molecule has 2 atom stereocenters. The van der Waals surface area contributed by atoms with Crippen molar-refractivity contribution >= 4 is 5.97 Å². The van der Waals surface area contributed by atoms with Crippen molar-refractivity contribution in [2.24, 2.45) is 0 Å². The zero-order chi connectivity index (χ0) is 20.1. The lowest BCUT2D eigenvalue weighted by Crippen LogP contribution is -2.34. The number of aliphatic hydroxyl groups is 3. The third-order valence-corrected chi connectivity index (χ3v) is 3.78. The SMILES string of the molecule is Cc1cc(O)cc(Oc2cc(C)c(C(=O)OCC(O)C(O)CO)c(O)c2)c1. The molecule has 0 bridgehead atoms. The molecule has 5 N–H and O–H groups in total. The fraction of sp³-hybridized carbons (Fsp3) is 0.316. The first-order chi connectivity index (χ1) is 12.7. The topological polar surface area (TPSA) is 137 Å². The van der Waals surface area contributed by atoms with Gasteiger partial charge in [0.2, 0.25) is 0 Å². The summed E-state index contributed by atoms with van der Waals surface area (Å²) >= 11 is 0. The molecule has 0 spiro atoms. The summed E-state index contributed by atoms with van der Waals surface area (Å²) < 4.78 is 10.5. The quantitative estimate of drug-likeness (QED) is 0.456. The van der Waals surface area contributed by atoms with Crippen LogP contribution in [0.4, 0.5) is 0 Å². The fourth-order valence-corrected chi connectivity index (χ4v) is 2.45. The van der Waals surface area contributed by atoms with E-state index in [0.29, 0.717) is 11.3 Å². The monoisotopic (exact) mass is 378 g/mol. The molecule has 2 unspecified atom stereocenters. The number of benzene rings is 2. The van der Waals surface area contributed by atoms with Gasteiger partial charge in [-0.1, -0.05) is 0 Å². The minimum absolute atomic E-state index is 0.0368. The number of aliphatic hydroxyl groups excluding tert-OH is 3. The van der Waals surface area contributed by atoms with Crippen LogP contribution in [0.25, 0.3) is 0 Å². The molecule has 8 nitrogen and oxygen atoms in total. The Balaban J connectivity index is 2.15. The van der Waals surface area contributed by atoms with E-state index in [1.165, 1.54) is 18.2 Å². The minimum Gasteiger partial charge on any atom is -0.508 e. The molecule has 0 fully saturated rings. The van der Waals surface area contributed by atoms with Crippen LogP contribution in [0.3, 0.4) is 0 Å². The maximum absolute atomic E-state index is 12.1. The van der Waals surface area contributed by atoms with Crippen LogP contribution in [-0.2, 0) is 4.74 Å². The number of aryl methyl sites for hydroxylation is 2. The third kappa shape index (κ3) is 5.33. The number of esters is 1. The summed E-state index contributed by atoms with van der Waals surface area (Å²) in [6, 6.07) is 7.41. The second-order valence-corrected chi connectivity index (χ2v) is 6.16. The molecule has 8 heteroatoms. The lowest BCUT2D eigenvalue weighted by Gasteiger charge is -2.16. The molecule has 0 saturated carbocycles. The standard InChI is InChI=1S/C19H22O8/c1-10-3-12(21)6-13(4-10)27-14-5-11(2)18(15(22)7-14)19(25)26-9-17(24)16(23)8-20/h3-7,16-17,20-24H,8-9H2,1-2H3. The van der Waals surface area contributed by atoms with Gasteiger partial charge in [0.25, 0.3) is 0 Å². The Morgan fingerprint density at radius 3 is 2.26 bits per heavy atom. The van der Waals surface area contributed by atoms with Gasteiger partial charge in [-0.25, -0.2) is 4.79 Å². The van der Waals surface area contributed by atoms with E-state index in [1.54, 1.807) is 26.0 Å². The molecule has 27 heavy (non-hydrogen) atoms. The first-order valence-corrected chi connectivity index (χ1v) is 8.17. The normalized spacial score (nSPS) is 13.1. The number of aromatic hydroxyl groups is 2. The fourth-order valence-electron chi connectivity index (χ4n) is 2.45. The molecular weight excluding hydrogens is 356 g/mol. The highest BCUT2D eigenvalue weighted by molar-refractivity contribution is 5.94. The molecule has 2 aromatic rings. The number of rotatable bonds is 7. The summed E-state index contributed by atoms with van der Waals surface area (Å²) in [5.41, 5.74) is 1.04. The van der Waals surface area contributed by atoms with E-state index in [4.69, 9.17) is 14.6 Å². The van der Waals surface area contributed by atoms with Crippen molar-refractivity contribution in [3.05, 3.63) is 47.0 Å². The van der Waals surface area contributed by atoms with Gasteiger partial charge in [-0.3, -0.25) is 0 Å². The summed E-state index contributed by atoms with van der Waals surface area (Å²) in [5.74, 6) is -0.627. The number of carbonyl (C=O) groups excluding carboxylic acids is 1. The van der Waals surface area contributed by atoms with Crippen LogP contribution in [0.2, 0.25) is 0 Å². The van der Waals surface area contributed by atoms with Gasteiger partial charge in [-0.15, -0.1) is 0 Å². The first kappa shape index (κ1) is 20.5. The molecule has 0 heterocycles. The molecule has 0 aliphatic carbocycles.